The summed E-state index contributed by atoms with van der Waals surface area (Å²) in [5.74, 6) is -0.305. The monoisotopic (exact) mass is 434 g/mol. The first kappa shape index (κ1) is 21.4. The molecule has 1 saturated heterocycles. The summed E-state index contributed by atoms with van der Waals surface area (Å²) in [4.78, 5) is 30.3. The molecule has 0 radical (unpaired) electrons. The minimum Gasteiger partial charge on any atom is -0.421 e. The number of ether oxygens (including phenoxy) is 1. The van der Waals surface area contributed by atoms with Gasteiger partial charge in [-0.2, -0.15) is 0 Å². The third-order valence-electron chi connectivity index (χ3n) is 5.47. The smallest absolute Gasteiger partial charge is 0.322 e. The van der Waals surface area contributed by atoms with Gasteiger partial charge in [-0.1, -0.05) is 12.6 Å². The van der Waals surface area contributed by atoms with Gasteiger partial charge in [0.15, 0.2) is 11.6 Å². The number of hydrogen-bond donors (Lipinski definition) is 1. The van der Waals surface area contributed by atoms with Crippen molar-refractivity contribution < 1.29 is 13.9 Å². The number of anilines is 1. The molecular formula is C23H23FN6O2. The molecule has 2 N–H and O–H groups in total. The molecule has 8 nitrogen and oxygen atoms in total. The van der Waals surface area contributed by atoms with Crippen LogP contribution in [-0.4, -0.2) is 43.8 Å². The normalized spacial score (nSPS) is 14.2. The summed E-state index contributed by atoms with van der Waals surface area (Å²) in [7, 11) is 0. The second-order valence-corrected chi connectivity index (χ2v) is 7.55. The van der Waals surface area contributed by atoms with Crippen LogP contribution >= 0.6 is 0 Å². The van der Waals surface area contributed by atoms with Crippen LogP contribution in [0.25, 0.3) is 11.1 Å². The number of benzene rings is 1. The van der Waals surface area contributed by atoms with Crippen molar-refractivity contribution in [3.05, 3.63) is 66.6 Å². The van der Waals surface area contributed by atoms with E-state index in [1.54, 1.807) is 30.2 Å². The molecule has 0 saturated carbocycles. The lowest BCUT2D eigenvalue weighted by Crippen LogP contribution is -2.37. The molecule has 1 amide bonds. The first-order valence-corrected chi connectivity index (χ1v) is 10.3. The zero-order valence-corrected chi connectivity index (χ0v) is 17.7. The number of nitrogens with two attached hydrogens (primary N) is 1. The fraction of sp³-hybridized carbons (Fsp3) is 0.261. The number of rotatable bonds is 5. The van der Waals surface area contributed by atoms with Gasteiger partial charge in [0.25, 0.3) is 0 Å². The van der Waals surface area contributed by atoms with Crippen molar-refractivity contribution in [3.63, 3.8) is 0 Å². The largest absolute Gasteiger partial charge is 0.421 e. The van der Waals surface area contributed by atoms with E-state index >= 15 is 0 Å². The summed E-state index contributed by atoms with van der Waals surface area (Å²) in [6.07, 6.45) is 5.72. The van der Waals surface area contributed by atoms with Gasteiger partial charge in [0, 0.05) is 36.5 Å². The summed E-state index contributed by atoms with van der Waals surface area (Å²) in [5, 5.41) is 0. The lowest BCUT2D eigenvalue weighted by atomic mass is 9.88. The molecule has 9 heteroatoms. The number of piperidine rings is 1. The second kappa shape index (κ2) is 9.09. The SMILES string of the molecule is C=CC(=O)N1CCC(c2ncnc(N)c2-c2ccc(Oc3nccc(C)n3)c(F)c2)CC1. The molecule has 0 unspecified atom stereocenters. The van der Waals surface area contributed by atoms with E-state index in [0.29, 0.717) is 29.9 Å². The van der Waals surface area contributed by atoms with Gasteiger partial charge in [0.2, 0.25) is 5.91 Å². The quantitative estimate of drug-likeness (QED) is 0.611. The van der Waals surface area contributed by atoms with Crippen molar-refractivity contribution >= 4 is 11.7 Å². The maximum atomic E-state index is 14.9. The van der Waals surface area contributed by atoms with Crippen molar-refractivity contribution in [2.45, 2.75) is 25.7 Å². The molecular weight excluding hydrogens is 411 g/mol. The fourth-order valence-corrected chi connectivity index (χ4v) is 3.83. The average Bonchev–Trinajstić information content (AvgIpc) is 2.80. The Morgan fingerprint density at radius 1 is 1.25 bits per heavy atom. The van der Waals surface area contributed by atoms with Gasteiger partial charge < -0.3 is 15.4 Å². The third-order valence-corrected chi connectivity index (χ3v) is 5.47. The van der Waals surface area contributed by atoms with Crippen LogP contribution in [0.2, 0.25) is 0 Å². The number of amides is 1. The van der Waals surface area contributed by atoms with E-state index in [1.807, 2.05) is 0 Å². The highest BCUT2D eigenvalue weighted by Crippen LogP contribution is 2.38. The predicted molar refractivity (Wildman–Crippen MR) is 117 cm³/mol. The van der Waals surface area contributed by atoms with E-state index < -0.39 is 5.82 Å². The molecule has 1 fully saturated rings. The highest BCUT2D eigenvalue weighted by atomic mass is 19.1. The maximum absolute atomic E-state index is 14.9. The van der Waals surface area contributed by atoms with E-state index in [0.717, 1.165) is 18.5 Å². The van der Waals surface area contributed by atoms with Gasteiger partial charge in [0.1, 0.15) is 12.1 Å². The van der Waals surface area contributed by atoms with Crippen LogP contribution in [-0.2, 0) is 4.79 Å². The van der Waals surface area contributed by atoms with E-state index in [-0.39, 0.29) is 29.4 Å². The Balaban J connectivity index is 1.61. The number of halogens is 1. The van der Waals surface area contributed by atoms with Crippen LogP contribution in [0.15, 0.2) is 49.4 Å². The zero-order valence-electron chi connectivity index (χ0n) is 17.7. The van der Waals surface area contributed by atoms with Crippen LogP contribution in [0.4, 0.5) is 10.2 Å². The van der Waals surface area contributed by atoms with Crippen LogP contribution in [0.1, 0.15) is 30.1 Å². The number of nitrogen functional groups attached to an aromatic ring is 1. The van der Waals surface area contributed by atoms with E-state index in [9.17, 15) is 9.18 Å². The number of likely N-dealkylation sites (tertiary alicyclic amines) is 1. The molecule has 2 aromatic heterocycles. The molecule has 0 aliphatic carbocycles. The topological polar surface area (TPSA) is 107 Å². The van der Waals surface area contributed by atoms with Crippen LogP contribution in [0.5, 0.6) is 11.8 Å². The summed E-state index contributed by atoms with van der Waals surface area (Å²) in [6, 6.07) is 6.37. The van der Waals surface area contributed by atoms with Gasteiger partial charge in [0.05, 0.1) is 5.69 Å². The molecule has 1 aliphatic heterocycles. The van der Waals surface area contributed by atoms with Gasteiger partial charge in [-0.15, -0.1) is 0 Å². The molecule has 1 aliphatic rings. The highest BCUT2D eigenvalue weighted by Gasteiger charge is 2.27. The molecule has 4 rings (SSSR count). The summed E-state index contributed by atoms with van der Waals surface area (Å²) in [5.41, 5.74) is 8.79. The Morgan fingerprint density at radius 2 is 2.03 bits per heavy atom. The van der Waals surface area contributed by atoms with E-state index in [2.05, 4.69) is 26.5 Å². The third kappa shape index (κ3) is 4.41. The molecule has 0 spiro atoms. The van der Waals surface area contributed by atoms with E-state index in [1.165, 1.54) is 24.5 Å². The maximum Gasteiger partial charge on any atom is 0.322 e. The number of hydrogen-bond acceptors (Lipinski definition) is 7. The first-order chi connectivity index (χ1) is 15.5. The molecule has 3 aromatic rings. The van der Waals surface area contributed by atoms with Crippen molar-refractivity contribution in [3.8, 4) is 22.9 Å². The summed E-state index contributed by atoms with van der Waals surface area (Å²) in [6.45, 7) is 6.53. The number of carbonyl (C=O) groups is 1. The summed E-state index contributed by atoms with van der Waals surface area (Å²) < 4.78 is 20.4. The fourth-order valence-electron chi connectivity index (χ4n) is 3.83. The number of aryl methyl sites for hydroxylation is 1. The Kier molecular flexibility index (Phi) is 6.07. The Bertz CT molecular complexity index is 1160. The lowest BCUT2D eigenvalue weighted by Gasteiger charge is -2.32. The number of aromatic nitrogens is 4. The molecule has 32 heavy (non-hydrogen) atoms. The number of nitrogens with zero attached hydrogens (tertiary/aromatic N) is 5. The van der Waals surface area contributed by atoms with Crippen LogP contribution in [0.3, 0.4) is 0 Å². The molecule has 164 valence electrons. The van der Waals surface area contributed by atoms with E-state index in [4.69, 9.17) is 10.5 Å². The van der Waals surface area contributed by atoms with Crippen molar-refractivity contribution in [1.82, 2.24) is 24.8 Å². The zero-order chi connectivity index (χ0) is 22.7. The minimum atomic E-state index is -0.576. The highest BCUT2D eigenvalue weighted by molar-refractivity contribution is 5.87. The summed E-state index contributed by atoms with van der Waals surface area (Å²) >= 11 is 0. The Morgan fingerprint density at radius 3 is 2.72 bits per heavy atom. The van der Waals surface area contributed by atoms with Crippen molar-refractivity contribution in [2.75, 3.05) is 18.8 Å². The molecule has 0 bridgehead atoms. The van der Waals surface area contributed by atoms with Gasteiger partial charge in [-0.05, 0) is 49.6 Å². The molecule has 1 aromatic carbocycles. The second-order valence-electron chi connectivity index (χ2n) is 7.55. The average molecular weight is 434 g/mol. The Hall–Kier alpha value is -3.88. The van der Waals surface area contributed by atoms with Crippen LogP contribution in [0, 0.1) is 12.7 Å². The number of carbonyl (C=O) groups excluding carboxylic acids is 1. The van der Waals surface area contributed by atoms with Crippen molar-refractivity contribution in [2.24, 2.45) is 0 Å². The van der Waals surface area contributed by atoms with Crippen LogP contribution < -0.4 is 10.5 Å². The standard InChI is InChI=1S/C23H23FN6O2/c1-3-19(31)30-10-7-15(8-11-30)21-20(22(25)28-13-27-21)16-4-5-18(17(24)12-16)32-23-26-9-6-14(2)29-23/h3-6,9,12-13,15H,1,7-8,10-11H2,2H3,(H2,25,27,28). The Labute approximate surface area is 185 Å². The van der Waals surface area contributed by atoms with Crippen molar-refractivity contribution in [1.29, 1.82) is 0 Å². The minimum absolute atomic E-state index is 0.00701. The first-order valence-electron chi connectivity index (χ1n) is 10.3. The predicted octanol–water partition coefficient (Wildman–Crippen LogP) is 3.65. The van der Waals surface area contributed by atoms with Gasteiger partial charge >= 0.3 is 6.01 Å². The van der Waals surface area contributed by atoms with Gasteiger partial charge in [-0.25, -0.2) is 24.3 Å². The lowest BCUT2D eigenvalue weighted by molar-refractivity contribution is -0.127. The molecule has 3 heterocycles. The van der Waals surface area contributed by atoms with Gasteiger partial charge in [-0.3, -0.25) is 4.79 Å². The molecule has 0 atom stereocenters.